The summed E-state index contributed by atoms with van der Waals surface area (Å²) in [7, 11) is 0. The van der Waals surface area contributed by atoms with Gasteiger partial charge in [0.15, 0.2) is 0 Å². The number of hydrazone groups is 1. The van der Waals surface area contributed by atoms with Gasteiger partial charge in [0.2, 0.25) is 0 Å². The molecule has 0 aromatic carbocycles. The molecule has 0 saturated carbocycles. The van der Waals surface area contributed by atoms with Gasteiger partial charge in [0.05, 0.1) is 24.6 Å². The van der Waals surface area contributed by atoms with E-state index in [2.05, 4.69) is 23.5 Å². The summed E-state index contributed by atoms with van der Waals surface area (Å²) in [6.45, 7) is 5.94. The number of nitrogens with zero attached hydrogens (tertiary/aromatic N) is 3. The highest BCUT2D eigenvalue weighted by Gasteiger charge is 1.94. The zero-order valence-electron chi connectivity index (χ0n) is 11.7. The summed E-state index contributed by atoms with van der Waals surface area (Å²) in [5.74, 6) is 0. The quantitative estimate of drug-likeness (QED) is 0.324. The molecule has 4 heteroatoms. The zero-order chi connectivity index (χ0) is 14.1. The molecule has 0 amide bonds. The molecule has 0 rings (SSSR count). The lowest BCUT2D eigenvalue weighted by atomic mass is 10.2. The van der Waals surface area contributed by atoms with E-state index in [0.717, 1.165) is 6.42 Å². The molecule has 0 heterocycles. The molecule has 0 fully saturated rings. The Balaban J connectivity index is 0. The van der Waals surface area contributed by atoms with Crippen LogP contribution in [0, 0.1) is 22.7 Å². The summed E-state index contributed by atoms with van der Waals surface area (Å²) in [4.78, 5) is 0. The summed E-state index contributed by atoms with van der Waals surface area (Å²) in [5, 5.41) is 20.1. The first-order valence-corrected chi connectivity index (χ1v) is 6.37. The Morgan fingerprint density at radius 2 is 2.06 bits per heavy atom. The second-order valence-electron chi connectivity index (χ2n) is 3.83. The van der Waals surface area contributed by atoms with Gasteiger partial charge in [-0.3, -0.25) is 0 Å². The summed E-state index contributed by atoms with van der Waals surface area (Å²) < 4.78 is 0. The number of nitrogens with one attached hydrogen (secondary N) is 1. The Labute approximate surface area is 111 Å². The second kappa shape index (κ2) is 17.6. The minimum absolute atomic E-state index is 0.160. The molecule has 18 heavy (non-hydrogen) atoms. The van der Waals surface area contributed by atoms with Crippen molar-refractivity contribution in [2.75, 3.05) is 0 Å². The van der Waals surface area contributed by atoms with Crippen LogP contribution in [-0.4, -0.2) is 12.3 Å². The molecule has 0 aromatic rings. The Hall–Kier alpha value is -1.81. The van der Waals surface area contributed by atoms with Crippen LogP contribution in [0.1, 0.15) is 52.9 Å². The summed E-state index contributed by atoms with van der Waals surface area (Å²) in [6, 6.07) is 4.09. The lowest BCUT2D eigenvalue weighted by Crippen LogP contribution is -2.19. The van der Waals surface area contributed by atoms with Gasteiger partial charge in [0, 0.05) is 12.3 Å². The fourth-order valence-electron chi connectivity index (χ4n) is 0.987. The van der Waals surface area contributed by atoms with Crippen molar-refractivity contribution in [2.24, 2.45) is 5.10 Å². The summed E-state index contributed by atoms with van der Waals surface area (Å²) in [6.07, 6.45) is 10.3. The van der Waals surface area contributed by atoms with Crippen LogP contribution in [0.5, 0.6) is 0 Å². The summed E-state index contributed by atoms with van der Waals surface area (Å²) >= 11 is 0. The molecule has 1 unspecified atom stereocenters. The predicted octanol–water partition coefficient (Wildman–Crippen LogP) is 3.53. The molecule has 0 aliphatic heterocycles. The van der Waals surface area contributed by atoms with Crippen LogP contribution < -0.4 is 5.43 Å². The van der Waals surface area contributed by atoms with Crippen molar-refractivity contribution in [2.45, 2.75) is 58.9 Å². The van der Waals surface area contributed by atoms with Crippen LogP contribution in [0.2, 0.25) is 0 Å². The molecule has 0 saturated heterocycles. The molecule has 0 aromatic heterocycles. The minimum atomic E-state index is 0.160. The average molecular weight is 248 g/mol. The largest absolute Gasteiger partial charge is 0.307 e. The maximum absolute atomic E-state index is 8.37. The van der Waals surface area contributed by atoms with E-state index < -0.39 is 0 Å². The van der Waals surface area contributed by atoms with Crippen molar-refractivity contribution >= 4 is 6.21 Å². The lowest BCUT2D eigenvalue weighted by Gasteiger charge is -2.04. The molecule has 0 bridgehead atoms. The van der Waals surface area contributed by atoms with E-state index >= 15 is 0 Å². The van der Waals surface area contributed by atoms with Gasteiger partial charge in [-0.2, -0.15) is 15.6 Å². The van der Waals surface area contributed by atoms with Crippen molar-refractivity contribution in [3.8, 4) is 12.1 Å². The van der Waals surface area contributed by atoms with Crippen molar-refractivity contribution in [1.29, 1.82) is 10.5 Å². The van der Waals surface area contributed by atoms with E-state index in [-0.39, 0.29) is 6.04 Å². The molecular formula is C14H24N4. The van der Waals surface area contributed by atoms with Gasteiger partial charge in [-0.15, -0.1) is 0 Å². The Morgan fingerprint density at radius 3 is 2.50 bits per heavy atom. The third kappa shape index (κ3) is 19.7. The van der Waals surface area contributed by atoms with Gasteiger partial charge in [-0.05, 0) is 26.7 Å². The Kier molecular flexibility index (Phi) is 18.1. The third-order valence-corrected chi connectivity index (χ3v) is 1.96. The first kappa shape index (κ1) is 18.6. The van der Waals surface area contributed by atoms with Crippen molar-refractivity contribution in [1.82, 2.24) is 5.43 Å². The van der Waals surface area contributed by atoms with Gasteiger partial charge in [0.25, 0.3) is 0 Å². The van der Waals surface area contributed by atoms with Crippen molar-refractivity contribution in [3.05, 3.63) is 12.2 Å². The second-order valence-corrected chi connectivity index (χ2v) is 3.83. The molecular weight excluding hydrogens is 224 g/mol. The van der Waals surface area contributed by atoms with Crippen LogP contribution in [0.3, 0.4) is 0 Å². The van der Waals surface area contributed by atoms with Crippen LogP contribution in [0.25, 0.3) is 0 Å². The zero-order valence-corrected chi connectivity index (χ0v) is 11.7. The molecule has 100 valence electrons. The van der Waals surface area contributed by atoms with Gasteiger partial charge in [-0.1, -0.05) is 25.8 Å². The number of hydrogen-bond donors (Lipinski definition) is 1. The fraction of sp³-hybridized carbons (Fsp3) is 0.643. The van der Waals surface area contributed by atoms with Gasteiger partial charge in [-0.25, -0.2) is 0 Å². The summed E-state index contributed by atoms with van der Waals surface area (Å²) in [5.41, 5.74) is 2.91. The lowest BCUT2D eigenvalue weighted by molar-refractivity contribution is 0.584. The average Bonchev–Trinajstić information content (AvgIpc) is 2.36. The highest BCUT2D eigenvalue weighted by molar-refractivity contribution is 5.56. The minimum Gasteiger partial charge on any atom is -0.307 e. The topological polar surface area (TPSA) is 72.0 Å². The first-order chi connectivity index (χ1) is 8.72. The molecule has 0 spiro atoms. The highest BCUT2D eigenvalue weighted by Crippen LogP contribution is 1.96. The third-order valence-electron chi connectivity index (χ3n) is 1.96. The maximum atomic E-state index is 8.37. The molecule has 0 radical (unpaired) electrons. The van der Waals surface area contributed by atoms with Gasteiger partial charge in [0.1, 0.15) is 0 Å². The van der Waals surface area contributed by atoms with E-state index in [4.69, 9.17) is 10.5 Å². The fourth-order valence-corrected chi connectivity index (χ4v) is 0.987. The van der Waals surface area contributed by atoms with E-state index in [1.54, 1.807) is 6.08 Å². The smallest absolute Gasteiger partial charge is 0.0908 e. The van der Waals surface area contributed by atoms with Crippen LogP contribution >= 0.6 is 0 Å². The van der Waals surface area contributed by atoms with Crippen LogP contribution in [-0.2, 0) is 0 Å². The highest BCUT2D eigenvalue weighted by atomic mass is 15.3. The monoisotopic (exact) mass is 248 g/mol. The normalized spacial score (nSPS) is 11.4. The number of nitriles is 2. The van der Waals surface area contributed by atoms with E-state index in [9.17, 15) is 0 Å². The van der Waals surface area contributed by atoms with E-state index in [1.807, 2.05) is 26.1 Å². The Bertz CT molecular complexity index is 294. The first-order valence-electron chi connectivity index (χ1n) is 6.37. The standard InChI is InChI=1S/C10H19N3.C4H5N/c1-3-4-5-6-9-12-13-10(2)7-8-11;1-2-3-4-5/h9-10,13H,3-7H2,1-2H3;2-3H,1H3/b12-9-;3-2+. The van der Waals surface area contributed by atoms with Gasteiger partial charge < -0.3 is 5.43 Å². The molecule has 0 aliphatic rings. The van der Waals surface area contributed by atoms with E-state index in [0.29, 0.717) is 6.42 Å². The SMILES string of the molecule is C/C=C/C#N.CCCCC/C=N\NC(C)CC#N. The van der Waals surface area contributed by atoms with E-state index in [1.165, 1.54) is 25.3 Å². The number of rotatable bonds is 7. The van der Waals surface area contributed by atoms with Gasteiger partial charge >= 0.3 is 0 Å². The Morgan fingerprint density at radius 1 is 1.33 bits per heavy atom. The van der Waals surface area contributed by atoms with Crippen molar-refractivity contribution in [3.63, 3.8) is 0 Å². The predicted molar refractivity (Wildman–Crippen MR) is 75.9 cm³/mol. The molecule has 0 aliphatic carbocycles. The molecule has 4 nitrogen and oxygen atoms in total. The number of allylic oxidation sites excluding steroid dienone is 2. The van der Waals surface area contributed by atoms with Crippen LogP contribution in [0.4, 0.5) is 0 Å². The molecule has 1 atom stereocenters. The maximum Gasteiger partial charge on any atom is 0.0908 e. The van der Waals surface area contributed by atoms with Crippen molar-refractivity contribution < 1.29 is 0 Å². The number of hydrogen-bond acceptors (Lipinski definition) is 4. The number of unbranched alkanes of at least 4 members (excludes halogenated alkanes) is 3. The molecule has 1 N–H and O–H groups in total. The van der Waals surface area contributed by atoms with Crippen LogP contribution in [0.15, 0.2) is 17.3 Å².